The average molecular weight is 194 g/mol. The topological polar surface area (TPSA) is 26.3 Å². The van der Waals surface area contributed by atoms with Crippen LogP contribution < -0.4 is 0 Å². The van der Waals surface area contributed by atoms with Crippen molar-refractivity contribution in [3.05, 3.63) is 0 Å². The van der Waals surface area contributed by atoms with Gasteiger partial charge in [0.05, 0.1) is 16.6 Å². The van der Waals surface area contributed by atoms with Gasteiger partial charge in [-0.25, -0.2) is 0 Å². The van der Waals surface area contributed by atoms with Gasteiger partial charge in [0.15, 0.2) is 0 Å². The van der Waals surface area contributed by atoms with Crippen molar-refractivity contribution in [3.8, 4) is 0 Å². The van der Waals surface area contributed by atoms with Crippen LogP contribution in [0.15, 0.2) is 0 Å². The lowest BCUT2D eigenvalue weighted by atomic mass is 10.1. The molecule has 0 fully saturated rings. The van der Waals surface area contributed by atoms with E-state index in [4.69, 9.17) is 4.74 Å². The van der Waals surface area contributed by atoms with Crippen molar-refractivity contribution in [2.75, 3.05) is 6.61 Å². The molecule has 1 unspecified atom stereocenters. The molecule has 0 spiro atoms. The van der Waals surface area contributed by atoms with E-state index >= 15 is 0 Å². The minimum absolute atomic E-state index is 0.250. The maximum absolute atomic E-state index is 11.1. The Bertz CT molecular complexity index is 140. The van der Waals surface area contributed by atoms with Gasteiger partial charge in [-0.2, -0.15) is 25.3 Å². The molecule has 0 aliphatic rings. The predicted octanol–water partition coefficient (Wildman–Crippen LogP) is 1.76. The molecule has 0 rings (SSSR count). The molecule has 0 aromatic rings. The van der Waals surface area contributed by atoms with Gasteiger partial charge >= 0.3 is 5.97 Å². The van der Waals surface area contributed by atoms with E-state index in [9.17, 15) is 4.79 Å². The monoisotopic (exact) mass is 194 g/mol. The van der Waals surface area contributed by atoms with Gasteiger partial charge in [-0.1, -0.05) is 0 Å². The van der Waals surface area contributed by atoms with Gasteiger partial charge in [-0.15, -0.1) is 0 Å². The molecule has 0 N–H and O–H groups in total. The van der Waals surface area contributed by atoms with Crippen LogP contribution in [0.3, 0.4) is 0 Å². The fourth-order valence-corrected chi connectivity index (χ4v) is 0.701. The van der Waals surface area contributed by atoms with Gasteiger partial charge in [-0.3, -0.25) is 4.79 Å². The van der Waals surface area contributed by atoms with Crippen molar-refractivity contribution in [1.29, 1.82) is 0 Å². The van der Waals surface area contributed by atoms with Crippen LogP contribution in [-0.4, -0.2) is 16.7 Å². The number of esters is 1. The van der Waals surface area contributed by atoms with Gasteiger partial charge in [0.25, 0.3) is 0 Å². The summed E-state index contributed by atoms with van der Waals surface area (Å²) in [6.45, 7) is 5.69. The Hall–Kier alpha value is 0.170. The van der Waals surface area contributed by atoms with E-state index in [-0.39, 0.29) is 11.9 Å². The van der Waals surface area contributed by atoms with Gasteiger partial charge in [0.2, 0.25) is 0 Å². The van der Waals surface area contributed by atoms with Crippen molar-refractivity contribution in [2.45, 2.75) is 24.9 Å². The van der Waals surface area contributed by atoms with E-state index in [1.54, 1.807) is 20.8 Å². The molecule has 0 bridgehead atoms. The van der Waals surface area contributed by atoms with Gasteiger partial charge in [-0.05, 0) is 20.8 Å². The molecule has 11 heavy (non-hydrogen) atoms. The zero-order valence-electron chi connectivity index (χ0n) is 7.00. The van der Waals surface area contributed by atoms with Gasteiger partial charge < -0.3 is 4.74 Å². The first kappa shape index (κ1) is 11.2. The fourth-order valence-electron chi connectivity index (χ4n) is 0.491. The van der Waals surface area contributed by atoms with Crippen LogP contribution in [0.25, 0.3) is 0 Å². The molecule has 0 saturated carbocycles. The standard InChI is InChI=1S/C7H14O2S2/c1-4-9-6(8)5(2)7(3,10)11/h5,10-11H,4H2,1-3H3. The largest absolute Gasteiger partial charge is 0.466 e. The highest BCUT2D eigenvalue weighted by molar-refractivity contribution is 8.00. The van der Waals surface area contributed by atoms with E-state index in [1.165, 1.54) is 0 Å². The van der Waals surface area contributed by atoms with E-state index in [0.29, 0.717) is 6.61 Å². The van der Waals surface area contributed by atoms with Crippen LogP contribution >= 0.6 is 25.3 Å². The number of carbonyl (C=O) groups is 1. The number of hydrogen-bond donors (Lipinski definition) is 2. The summed E-state index contributed by atoms with van der Waals surface area (Å²) >= 11 is 8.29. The summed E-state index contributed by atoms with van der Waals surface area (Å²) in [6, 6.07) is 0. The van der Waals surface area contributed by atoms with E-state index in [1.807, 2.05) is 0 Å². The number of thiol groups is 2. The van der Waals surface area contributed by atoms with Crippen LogP contribution in [0.2, 0.25) is 0 Å². The predicted molar refractivity (Wildman–Crippen MR) is 52.2 cm³/mol. The van der Waals surface area contributed by atoms with Crippen LogP contribution in [0.1, 0.15) is 20.8 Å². The molecular weight excluding hydrogens is 180 g/mol. The zero-order valence-corrected chi connectivity index (χ0v) is 8.78. The fraction of sp³-hybridized carbons (Fsp3) is 0.857. The minimum Gasteiger partial charge on any atom is -0.466 e. The van der Waals surface area contributed by atoms with E-state index < -0.39 is 4.08 Å². The molecule has 0 aliphatic heterocycles. The molecule has 2 nitrogen and oxygen atoms in total. The summed E-state index contributed by atoms with van der Waals surface area (Å²) in [7, 11) is 0. The molecule has 0 aliphatic carbocycles. The second kappa shape index (κ2) is 4.26. The molecule has 0 saturated heterocycles. The molecule has 0 heterocycles. The minimum atomic E-state index is -0.605. The van der Waals surface area contributed by atoms with E-state index in [2.05, 4.69) is 25.3 Å². The van der Waals surface area contributed by atoms with Crippen LogP contribution in [0.4, 0.5) is 0 Å². The van der Waals surface area contributed by atoms with Gasteiger partial charge in [0, 0.05) is 0 Å². The summed E-state index contributed by atoms with van der Waals surface area (Å²) < 4.78 is 4.19. The molecule has 4 heteroatoms. The highest BCUT2D eigenvalue weighted by atomic mass is 32.2. The average Bonchev–Trinajstić information content (AvgIpc) is 1.85. The Morgan fingerprint density at radius 3 is 2.36 bits per heavy atom. The molecule has 0 aromatic heterocycles. The summed E-state index contributed by atoms with van der Waals surface area (Å²) in [5, 5.41) is 0. The Labute approximate surface area is 78.5 Å². The first-order valence-corrected chi connectivity index (χ1v) is 4.40. The summed E-state index contributed by atoms with van der Waals surface area (Å²) in [6.07, 6.45) is 0. The quantitative estimate of drug-likeness (QED) is 0.407. The third-order valence-corrected chi connectivity index (χ3v) is 2.24. The lowest BCUT2D eigenvalue weighted by Gasteiger charge is -2.22. The highest BCUT2D eigenvalue weighted by Crippen LogP contribution is 2.29. The van der Waals surface area contributed by atoms with Crippen LogP contribution in [-0.2, 0) is 9.53 Å². The van der Waals surface area contributed by atoms with Crippen molar-refractivity contribution in [1.82, 2.24) is 0 Å². The number of hydrogen-bond acceptors (Lipinski definition) is 4. The summed E-state index contributed by atoms with van der Waals surface area (Å²) in [5.41, 5.74) is 0. The second-order valence-corrected chi connectivity index (χ2v) is 4.78. The van der Waals surface area contributed by atoms with Crippen molar-refractivity contribution in [3.63, 3.8) is 0 Å². The van der Waals surface area contributed by atoms with Crippen molar-refractivity contribution in [2.24, 2.45) is 5.92 Å². The number of ether oxygens (including phenoxy) is 1. The zero-order chi connectivity index (χ0) is 9.07. The molecule has 1 atom stereocenters. The van der Waals surface area contributed by atoms with Crippen LogP contribution in [0, 0.1) is 5.92 Å². The summed E-state index contributed by atoms with van der Waals surface area (Å²) in [4.78, 5) is 11.1. The van der Waals surface area contributed by atoms with E-state index in [0.717, 1.165) is 0 Å². The smallest absolute Gasteiger partial charge is 0.310 e. The second-order valence-electron chi connectivity index (χ2n) is 2.57. The molecule has 0 radical (unpaired) electrons. The molecule has 0 amide bonds. The molecule has 66 valence electrons. The maximum atomic E-state index is 11.1. The van der Waals surface area contributed by atoms with Gasteiger partial charge in [0.1, 0.15) is 0 Å². The third kappa shape index (κ3) is 3.91. The first-order valence-electron chi connectivity index (χ1n) is 3.51. The summed E-state index contributed by atoms with van der Waals surface area (Å²) in [5.74, 6) is -0.547. The molecule has 0 aromatic carbocycles. The lowest BCUT2D eigenvalue weighted by Crippen LogP contribution is -2.29. The molecular formula is C7H14O2S2. The third-order valence-electron chi connectivity index (χ3n) is 1.46. The number of carbonyl (C=O) groups excluding carboxylic acids is 1. The maximum Gasteiger partial charge on any atom is 0.310 e. The Morgan fingerprint density at radius 2 is 2.09 bits per heavy atom. The Balaban J connectivity index is 4.03. The Morgan fingerprint density at radius 1 is 1.64 bits per heavy atom. The normalized spacial score (nSPS) is 14.3. The van der Waals surface area contributed by atoms with Crippen molar-refractivity contribution < 1.29 is 9.53 Å². The van der Waals surface area contributed by atoms with Crippen LogP contribution in [0.5, 0.6) is 0 Å². The van der Waals surface area contributed by atoms with Crippen molar-refractivity contribution >= 4 is 31.2 Å². The lowest BCUT2D eigenvalue weighted by molar-refractivity contribution is -0.147. The highest BCUT2D eigenvalue weighted by Gasteiger charge is 2.29. The first-order chi connectivity index (χ1) is 4.89. The number of rotatable bonds is 3. The Kier molecular flexibility index (Phi) is 4.32. The SMILES string of the molecule is CCOC(=O)C(C)C(C)(S)S.